The van der Waals surface area contributed by atoms with E-state index >= 15 is 0 Å². The smallest absolute Gasteiger partial charge is 0.119 e. The molecule has 0 bridgehead atoms. The van der Waals surface area contributed by atoms with Gasteiger partial charge in [-0.3, -0.25) is 0 Å². The molecule has 0 aromatic heterocycles. The van der Waals surface area contributed by atoms with Crippen LogP contribution in [-0.2, 0) is 0 Å². The predicted molar refractivity (Wildman–Crippen MR) is 77.6 cm³/mol. The minimum absolute atomic E-state index is 0.889. The van der Waals surface area contributed by atoms with E-state index in [1.165, 1.54) is 21.5 Å². The van der Waals surface area contributed by atoms with Gasteiger partial charge in [-0.2, -0.15) is 0 Å². The Bertz CT molecular complexity index is 719. The first kappa shape index (κ1) is 10.9. The molecule has 18 heavy (non-hydrogen) atoms. The minimum atomic E-state index is 0.889. The van der Waals surface area contributed by atoms with Crippen LogP contribution in [0.4, 0.5) is 5.69 Å². The molecule has 0 radical (unpaired) electrons. The third-order valence-electron chi connectivity index (χ3n) is 3.34. The van der Waals surface area contributed by atoms with Gasteiger partial charge in [-0.15, -0.1) is 0 Å². The summed E-state index contributed by atoms with van der Waals surface area (Å²) in [5.41, 5.74) is 1.14. The summed E-state index contributed by atoms with van der Waals surface area (Å²) in [6.45, 7) is 0. The molecule has 0 fully saturated rings. The Hall–Kier alpha value is -2.22. The average molecular weight is 237 g/mol. The molecule has 0 unspecified atom stereocenters. The van der Waals surface area contributed by atoms with Crippen molar-refractivity contribution in [3.05, 3.63) is 48.5 Å². The molecule has 0 heterocycles. The lowest BCUT2D eigenvalue weighted by Gasteiger charge is -2.11. The molecule has 0 saturated carbocycles. The van der Waals surface area contributed by atoms with E-state index in [0.717, 1.165) is 11.4 Å². The normalized spacial score (nSPS) is 10.8. The Morgan fingerprint density at radius 3 is 2.39 bits per heavy atom. The van der Waals surface area contributed by atoms with Crippen LogP contribution in [-0.4, -0.2) is 14.2 Å². The maximum absolute atomic E-state index is 5.29. The van der Waals surface area contributed by atoms with Crippen LogP contribution in [0.2, 0.25) is 0 Å². The first-order valence-electron chi connectivity index (χ1n) is 6.01. The van der Waals surface area contributed by atoms with E-state index in [1.807, 2.05) is 13.1 Å². The van der Waals surface area contributed by atoms with Crippen molar-refractivity contribution in [3.63, 3.8) is 0 Å². The number of methoxy groups -OCH3 is 1. The van der Waals surface area contributed by atoms with E-state index in [0.29, 0.717) is 0 Å². The highest BCUT2D eigenvalue weighted by Crippen LogP contribution is 2.33. The van der Waals surface area contributed by atoms with E-state index < -0.39 is 0 Å². The van der Waals surface area contributed by atoms with Crippen molar-refractivity contribution in [3.8, 4) is 5.75 Å². The largest absolute Gasteiger partial charge is 0.497 e. The summed E-state index contributed by atoms with van der Waals surface area (Å²) in [4.78, 5) is 0. The number of benzene rings is 3. The Morgan fingerprint density at radius 1 is 0.889 bits per heavy atom. The monoisotopic (exact) mass is 237 g/mol. The number of rotatable bonds is 2. The number of fused-ring (bicyclic) bond motifs is 3. The van der Waals surface area contributed by atoms with Gasteiger partial charge in [0.05, 0.1) is 7.11 Å². The van der Waals surface area contributed by atoms with Gasteiger partial charge in [-0.25, -0.2) is 0 Å². The average Bonchev–Trinajstić information content (AvgIpc) is 2.45. The lowest BCUT2D eigenvalue weighted by Crippen LogP contribution is -1.91. The molecule has 0 amide bonds. The Kier molecular flexibility index (Phi) is 2.56. The highest BCUT2D eigenvalue weighted by molar-refractivity contribution is 6.13. The molecular formula is C16H15NO. The lowest BCUT2D eigenvalue weighted by molar-refractivity contribution is 0.415. The topological polar surface area (TPSA) is 21.3 Å². The van der Waals surface area contributed by atoms with Crippen LogP contribution in [0.15, 0.2) is 48.5 Å². The van der Waals surface area contributed by atoms with Gasteiger partial charge >= 0.3 is 0 Å². The highest BCUT2D eigenvalue weighted by atomic mass is 16.5. The van der Waals surface area contributed by atoms with Gasteiger partial charge < -0.3 is 10.1 Å². The zero-order valence-electron chi connectivity index (χ0n) is 10.5. The van der Waals surface area contributed by atoms with Crippen LogP contribution in [0.1, 0.15) is 0 Å². The van der Waals surface area contributed by atoms with E-state index in [9.17, 15) is 0 Å². The summed E-state index contributed by atoms with van der Waals surface area (Å²) in [5.74, 6) is 0.889. The van der Waals surface area contributed by atoms with Gasteiger partial charge in [0.15, 0.2) is 0 Å². The van der Waals surface area contributed by atoms with E-state index in [4.69, 9.17) is 4.74 Å². The summed E-state index contributed by atoms with van der Waals surface area (Å²) < 4.78 is 5.29. The van der Waals surface area contributed by atoms with E-state index in [2.05, 4.69) is 47.8 Å². The van der Waals surface area contributed by atoms with Gasteiger partial charge in [0.1, 0.15) is 5.75 Å². The Morgan fingerprint density at radius 2 is 1.67 bits per heavy atom. The fourth-order valence-electron chi connectivity index (χ4n) is 2.43. The lowest BCUT2D eigenvalue weighted by atomic mass is 10.00. The third-order valence-corrected chi connectivity index (χ3v) is 3.34. The van der Waals surface area contributed by atoms with Crippen molar-refractivity contribution in [2.45, 2.75) is 0 Å². The third kappa shape index (κ3) is 1.58. The maximum atomic E-state index is 5.29. The van der Waals surface area contributed by atoms with E-state index in [-0.39, 0.29) is 0 Å². The minimum Gasteiger partial charge on any atom is -0.497 e. The molecule has 2 nitrogen and oxygen atoms in total. The van der Waals surface area contributed by atoms with Crippen molar-refractivity contribution in [1.82, 2.24) is 0 Å². The Labute approximate surface area is 106 Å². The summed E-state index contributed by atoms with van der Waals surface area (Å²) in [6, 6.07) is 16.8. The number of anilines is 1. The Balaban J connectivity index is 2.46. The molecular weight excluding hydrogens is 222 g/mol. The molecule has 0 aliphatic carbocycles. The first-order valence-corrected chi connectivity index (χ1v) is 6.01. The molecule has 3 aromatic rings. The quantitative estimate of drug-likeness (QED) is 0.679. The summed E-state index contributed by atoms with van der Waals surface area (Å²) >= 11 is 0. The van der Waals surface area contributed by atoms with Crippen molar-refractivity contribution in [2.75, 3.05) is 19.5 Å². The van der Waals surface area contributed by atoms with Crippen molar-refractivity contribution < 1.29 is 4.74 Å². The number of ether oxygens (including phenoxy) is 1. The first-order chi connectivity index (χ1) is 8.83. The molecule has 3 aromatic carbocycles. The van der Waals surface area contributed by atoms with Crippen molar-refractivity contribution in [2.24, 2.45) is 0 Å². The van der Waals surface area contributed by atoms with Crippen LogP contribution in [0.3, 0.4) is 0 Å². The number of nitrogens with one attached hydrogen (secondary N) is 1. The summed E-state index contributed by atoms with van der Waals surface area (Å²) in [5, 5.41) is 8.22. The molecule has 0 aliphatic rings. The van der Waals surface area contributed by atoms with Crippen LogP contribution >= 0.6 is 0 Å². The molecule has 3 rings (SSSR count). The number of hydrogen-bond acceptors (Lipinski definition) is 2. The highest BCUT2D eigenvalue weighted by Gasteiger charge is 2.05. The van der Waals surface area contributed by atoms with E-state index in [1.54, 1.807) is 7.11 Å². The van der Waals surface area contributed by atoms with Gasteiger partial charge in [0, 0.05) is 18.1 Å². The van der Waals surface area contributed by atoms with Crippen LogP contribution in [0, 0.1) is 0 Å². The second-order valence-electron chi connectivity index (χ2n) is 4.31. The summed E-state index contributed by atoms with van der Waals surface area (Å²) in [7, 11) is 3.65. The second-order valence-corrected chi connectivity index (χ2v) is 4.31. The van der Waals surface area contributed by atoms with Gasteiger partial charge in [-0.1, -0.05) is 30.3 Å². The van der Waals surface area contributed by atoms with Crippen LogP contribution in [0.5, 0.6) is 5.75 Å². The fourth-order valence-corrected chi connectivity index (χ4v) is 2.43. The van der Waals surface area contributed by atoms with Crippen LogP contribution in [0.25, 0.3) is 21.5 Å². The predicted octanol–water partition coefficient (Wildman–Crippen LogP) is 4.04. The SMILES string of the molecule is CNc1cc2cc(OC)ccc2c2ccccc12. The molecule has 0 atom stereocenters. The zero-order valence-corrected chi connectivity index (χ0v) is 10.5. The molecule has 0 spiro atoms. The maximum Gasteiger partial charge on any atom is 0.119 e. The standard InChI is InChI=1S/C16H15NO/c1-17-16-10-11-9-12(18-2)7-8-13(11)14-5-3-4-6-15(14)16/h3-10,17H,1-2H3. The van der Waals surface area contributed by atoms with Gasteiger partial charge in [0.25, 0.3) is 0 Å². The second kappa shape index (κ2) is 4.22. The fraction of sp³-hybridized carbons (Fsp3) is 0.125. The van der Waals surface area contributed by atoms with Crippen molar-refractivity contribution in [1.29, 1.82) is 0 Å². The number of hydrogen-bond donors (Lipinski definition) is 1. The molecule has 0 aliphatic heterocycles. The van der Waals surface area contributed by atoms with Crippen LogP contribution < -0.4 is 10.1 Å². The molecule has 2 heteroatoms. The zero-order chi connectivity index (χ0) is 12.5. The van der Waals surface area contributed by atoms with Gasteiger partial charge in [0.2, 0.25) is 0 Å². The molecule has 0 saturated heterocycles. The van der Waals surface area contributed by atoms with Gasteiger partial charge in [-0.05, 0) is 34.4 Å². The van der Waals surface area contributed by atoms with Crippen molar-refractivity contribution >= 4 is 27.2 Å². The molecule has 90 valence electrons. The summed E-state index contributed by atoms with van der Waals surface area (Å²) in [6.07, 6.45) is 0. The molecule has 1 N–H and O–H groups in total.